The molecule has 0 spiro atoms. The van der Waals surface area contributed by atoms with Crippen molar-refractivity contribution in [3.63, 3.8) is 0 Å². The molecule has 1 amide bonds. The maximum atomic E-state index is 13.5. The summed E-state index contributed by atoms with van der Waals surface area (Å²) in [6, 6.07) is 11.6. The van der Waals surface area contributed by atoms with Crippen molar-refractivity contribution >= 4 is 39.8 Å². The third kappa shape index (κ3) is 6.65. The largest absolute Gasteiger partial charge is 0.492 e. The van der Waals surface area contributed by atoms with Crippen molar-refractivity contribution in [3.8, 4) is 11.8 Å². The third-order valence-electron chi connectivity index (χ3n) is 4.56. The number of carbonyl (C=O) groups is 1. The Morgan fingerprint density at radius 3 is 2.85 bits per heavy atom. The van der Waals surface area contributed by atoms with Crippen LogP contribution in [0.2, 0.25) is 5.02 Å². The maximum Gasteiger partial charge on any atom is 0.243 e. The molecular weight excluding hydrogens is 445 g/mol. The van der Waals surface area contributed by atoms with E-state index in [0.29, 0.717) is 46.7 Å². The van der Waals surface area contributed by atoms with Gasteiger partial charge in [0.15, 0.2) is 0 Å². The van der Waals surface area contributed by atoms with E-state index in [1.54, 1.807) is 24.3 Å². The van der Waals surface area contributed by atoms with Crippen molar-refractivity contribution in [1.82, 2.24) is 15.2 Å². The Hall–Kier alpha value is -3.67. The molecular formula is C24H23ClFN5O2. The summed E-state index contributed by atoms with van der Waals surface area (Å²) in [6.07, 6.45) is 4.74. The minimum atomic E-state index is -0.529. The minimum Gasteiger partial charge on any atom is -0.492 e. The van der Waals surface area contributed by atoms with Crippen LogP contribution in [-0.2, 0) is 4.79 Å². The molecule has 2 N–H and O–H groups in total. The van der Waals surface area contributed by atoms with Gasteiger partial charge in [0.25, 0.3) is 0 Å². The number of benzene rings is 2. The van der Waals surface area contributed by atoms with E-state index in [1.807, 2.05) is 19.0 Å². The first-order valence-corrected chi connectivity index (χ1v) is 10.5. The Balaban J connectivity index is 1.73. The number of nitriles is 1. The molecule has 170 valence electrons. The number of hydrogen-bond acceptors (Lipinski definition) is 6. The number of anilines is 2. The smallest absolute Gasteiger partial charge is 0.243 e. The number of rotatable bonds is 9. The fourth-order valence-corrected chi connectivity index (χ4v) is 3.15. The average Bonchev–Trinajstić information content (AvgIpc) is 2.79. The second kappa shape index (κ2) is 11.3. The number of halogens is 2. The van der Waals surface area contributed by atoms with Gasteiger partial charge in [0.1, 0.15) is 24.2 Å². The monoisotopic (exact) mass is 467 g/mol. The summed E-state index contributed by atoms with van der Waals surface area (Å²) < 4.78 is 19.3. The van der Waals surface area contributed by atoms with Crippen LogP contribution in [0.4, 0.5) is 15.8 Å². The SMILES string of the molecule is CN(C)CC=CC(=O)NCCOc1ccc2ncc(C#N)c(Nc3ccc(F)c(Cl)c3)c2c1. The molecule has 2 aromatic carbocycles. The Kier molecular flexibility index (Phi) is 8.19. The van der Waals surface area contributed by atoms with Crippen LogP contribution >= 0.6 is 11.6 Å². The molecule has 0 aliphatic carbocycles. The molecule has 0 fully saturated rings. The summed E-state index contributed by atoms with van der Waals surface area (Å²) >= 11 is 5.88. The molecule has 3 rings (SSSR count). The summed E-state index contributed by atoms with van der Waals surface area (Å²) in [7, 11) is 3.84. The molecule has 0 bridgehead atoms. The topological polar surface area (TPSA) is 90.3 Å². The Morgan fingerprint density at radius 2 is 2.12 bits per heavy atom. The van der Waals surface area contributed by atoms with Crippen LogP contribution < -0.4 is 15.4 Å². The van der Waals surface area contributed by atoms with Gasteiger partial charge in [0.05, 0.1) is 28.3 Å². The van der Waals surface area contributed by atoms with E-state index in [0.717, 1.165) is 0 Å². The first-order chi connectivity index (χ1) is 15.9. The van der Waals surface area contributed by atoms with Crippen LogP contribution in [0.25, 0.3) is 10.9 Å². The van der Waals surface area contributed by atoms with Gasteiger partial charge in [-0.1, -0.05) is 17.7 Å². The standard InChI is InChI=1S/C24H23ClFN5O2/c1-31(2)10-3-4-23(32)28-9-11-33-18-6-8-22-19(13-18)24(16(14-27)15-29-22)30-17-5-7-21(26)20(25)12-17/h3-8,12-13,15H,9-11H2,1-2H3,(H,28,32)(H,29,30). The normalized spacial score (nSPS) is 11.0. The highest BCUT2D eigenvalue weighted by atomic mass is 35.5. The quantitative estimate of drug-likeness (QED) is 0.361. The molecule has 1 aromatic heterocycles. The number of carbonyl (C=O) groups excluding carboxylic acids is 1. The van der Waals surface area contributed by atoms with E-state index in [2.05, 4.69) is 21.7 Å². The highest BCUT2D eigenvalue weighted by Crippen LogP contribution is 2.32. The fourth-order valence-electron chi connectivity index (χ4n) is 2.97. The third-order valence-corrected chi connectivity index (χ3v) is 4.85. The van der Waals surface area contributed by atoms with E-state index in [1.165, 1.54) is 30.5 Å². The van der Waals surface area contributed by atoms with Gasteiger partial charge >= 0.3 is 0 Å². The number of amides is 1. The number of hydrogen-bond donors (Lipinski definition) is 2. The van der Waals surface area contributed by atoms with Gasteiger partial charge in [-0.05, 0) is 50.5 Å². The van der Waals surface area contributed by atoms with E-state index in [-0.39, 0.29) is 17.5 Å². The Morgan fingerprint density at radius 1 is 1.30 bits per heavy atom. The number of nitrogens with one attached hydrogen (secondary N) is 2. The Bertz CT molecular complexity index is 1220. The summed E-state index contributed by atoms with van der Waals surface area (Å²) in [5.74, 6) is -0.165. The zero-order valence-electron chi connectivity index (χ0n) is 18.2. The molecule has 0 radical (unpaired) electrons. The molecule has 0 unspecified atom stereocenters. The van der Waals surface area contributed by atoms with Gasteiger partial charge in [0, 0.05) is 29.9 Å². The summed E-state index contributed by atoms with van der Waals surface area (Å²) in [4.78, 5) is 18.1. The molecule has 3 aromatic rings. The van der Waals surface area contributed by atoms with Crippen LogP contribution in [-0.4, -0.2) is 49.6 Å². The molecule has 0 aliphatic heterocycles. The van der Waals surface area contributed by atoms with Crippen molar-refractivity contribution in [3.05, 3.63) is 71.2 Å². The van der Waals surface area contributed by atoms with Gasteiger partial charge in [-0.15, -0.1) is 0 Å². The lowest BCUT2D eigenvalue weighted by Gasteiger charge is -2.13. The highest BCUT2D eigenvalue weighted by molar-refractivity contribution is 6.31. The van der Waals surface area contributed by atoms with E-state index in [4.69, 9.17) is 16.3 Å². The van der Waals surface area contributed by atoms with Gasteiger partial charge in [-0.3, -0.25) is 9.78 Å². The zero-order chi connectivity index (χ0) is 23.8. The lowest BCUT2D eigenvalue weighted by Crippen LogP contribution is -2.26. The maximum absolute atomic E-state index is 13.5. The van der Waals surface area contributed by atoms with Gasteiger partial charge in [0.2, 0.25) is 5.91 Å². The summed E-state index contributed by atoms with van der Waals surface area (Å²) in [5.41, 5.74) is 2.00. The Labute approximate surface area is 196 Å². The number of nitrogens with zero attached hydrogens (tertiary/aromatic N) is 3. The molecule has 0 saturated carbocycles. The molecule has 0 aliphatic rings. The van der Waals surface area contributed by atoms with E-state index in [9.17, 15) is 14.4 Å². The lowest BCUT2D eigenvalue weighted by molar-refractivity contribution is -0.116. The molecule has 1 heterocycles. The molecule has 33 heavy (non-hydrogen) atoms. The van der Waals surface area contributed by atoms with Crippen LogP contribution in [0.5, 0.6) is 5.75 Å². The second-order valence-corrected chi connectivity index (χ2v) is 7.80. The van der Waals surface area contributed by atoms with Crippen LogP contribution in [0.3, 0.4) is 0 Å². The van der Waals surface area contributed by atoms with E-state index >= 15 is 0 Å². The van der Waals surface area contributed by atoms with Crippen molar-refractivity contribution in [2.24, 2.45) is 0 Å². The number of pyridine rings is 1. The minimum absolute atomic E-state index is 0.0282. The number of likely N-dealkylation sites (N-methyl/N-ethyl adjacent to an activating group) is 1. The van der Waals surface area contributed by atoms with Crippen LogP contribution in [0.15, 0.2) is 54.7 Å². The fraction of sp³-hybridized carbons (Fsp3) is 0.208. The number of aromatic nitrogens is 1. The van der Waals surface area contributed by atoms with Crippen LogP contribution in [0, 0.1) is 17.1 Å². The van der Waals surface area contributed by atoms with Gasteiger partial charge < -0.3 is 20.3 Å². The highest BCUT2D eigenvalue weighted by Gasteiger charge is 2.12. The van der Waals surface area contributed by atoms with Crippen molar-refractivity contribution in [2.75, 3.05) is 39.1 Å². The van der Waals surface area contributed by atoms with Crippen molar-refractivity contribution in [1.29, 1.82) is 5.26 Å². The molecule has 7 nitrogen and oxygen atoms in total. The average molecular weight is 468 g/mol. The zero-order valence-corrected chi connectivity index (χ0v) is 19.0. The van der Waals surface area contributed by atoms with Gasteiger partial charge in [-0.25, -0.2) is 4.39 Å². The van der Waals surface area contributed by atoms with Gasteiger partial charge in [-0.2, -0.15) is 5.26 Å². The van der Waals surface area contributed by atoms with Crippen molar-refractivity contribution in [2.45, 2.75) is 0 Å². The number of ether oxygens (including phenoxy) is 1. The first kappa shape index (κ1) is 24.0. The lowest BCUT2D eigenvalue weighted by atomic mass is 10.1. The molecule has 0 saturated heterocycles. The molecule has 9 heteroatoms. The number of fused-ring (bicyclic) bond motifs is 1. The first-order valence-electron chi connectivity index (χ1n) is 10.1. The van der Waals surface area contributed by atoms with Crippen LogP contribution in [0.1, 0.15) is 5.56 Å². The summed E-state index contributed by atoms with van der Waals surface area (Å²) in [6.45, 7) is 1.28. The second-order valence-electron chi connectivity index (χ2n) is 7.40. The predicted molar refractivity (Wildman–Crippen MR) is 127 cm³/mol. The molecule has 0 atom stereocenters. The summed E-state index contributed by atoms with van der Waals surface area (Å²) in [5, 5.41) is 16.1. The van der Waals surface area contributed by atoms with E-state index < -0.39 is 5.82 Å². The van der Waals surface area contributed by atoms with Crippen molar-refractivity contribution < 1.29 is 13.9 Å². The predicted octanol–water partition coefficient (Wildman–Crippen LogP) is 4.26.